The summed E-state index contributed by atoms with van der Waals surface area (Å²) < 4.78 is 6.97. The molecular weight excluding hydrogens is 454 g/mol. The van der Waals surface area contributed by atoms with E-state index in [9.17, 15) is 14.7 Å². The Balaban J connectivity index is 1.71. The molecule has 0 aliphatic rings. The number of methoxy groups -OCH3 is 1. The van der Waals surface area contributed by atoms with Crippen LogP contribution in [0.5, 0.6) is 5.75 Å². The SMILES string of the molecule is COc1ccc(-c2nn(-c3ccccc3)cc2C=C(C(=O)C(=O)O)c2ccc3ccccc3n2)cc1. The van der Waals surface area contributed by atoms with E-state index in [1.165, 1.54) is 0 Å². The highest BCUT2D eigenvalue weighted by Crippen LogP contribution is 2.30. The first-order valence-electron chi connectivity index (χ1n) is 11.2. The lowest BCUT2D eigenvalue weighted by Crippen LogP contribution is -2.15. The number of aromatic nitrogens is 3. The largest absolute Gasteiger partial charge is 0.497 e. The molecule has 1 N–H and O–H groups in total. The molecule has 5 aromatic rings. The third-order valence-electron chi connectivity index (χ3n) is 5.74. The highest BCUT2D eigenvalue weighted by Gasteiger charge is 2.23. The fourth-order valence-corrected chi connectivity index (χ4v) is 3.92. The van der Waals surface area contributed by atoms with Gasteiger partial charge in [0.15, 0.2) is 0 Å². The van der Waals surface area contributed by atoms with Crippen LogP contribution in [-0.4, -0.2) is 38.7 Å². The number of hydrogen-bond acceptors (Lipinski definition) is 5. The average Bonchev–Trinajstić information content (AvgIpc) is 3.35. The number of carbonyl (C=O) groups is 2. The lowest BCUT2D eigenvalue weighted by Gasteiger charge is -2.06. The number of aliphatic carboxylic acids is 1. The van der Waals surface area contributed by atoms with Crippen LogP contribution in [0.2, 0.25) is 0 Å². The Morgan fingerprint density at radius 1 is 0.889 bits per heavy atom. The minimum absolute atomic E-state index is 0.0318. The van der Waals surface area contributed by atoms with Crippen molar-refractivity contribution < 1.29 is 19.4 Å². The van der Waals surface area contributed by atoms with Gasteiger partial charge in [-0.1, -0.05) is 42.5 Å². The molecule has 176 valence electrons. The highest BCUT2D eigenvalue weighted by atomic mass is 16.5. The summed E-state index contributed by atoms with van der Waals surface area (Å²) in [6, 6.07) is 27.8. The third kappa shape index (κ3) is 4.50. The van der Waals surface area contributed by atoms with E-state index in [4.69, 9.17) is 9.84 Å². The molecule has 0 atom stereocenters. The van der Waals surface area contributed by atoms with Gasteiger partial charge in [0, 0.05) is 22.7 Å². The molecule has 0 bridgehead atoms. The van der Waals surface area contributed by atoms with E-state index in [2.05, 4.69) is 4.98 Å². The van der Waals surface area contributed by atoms with Crippen LogP contribution in [0, 0.1) is 0 Å². The van der Waals surface area contributed by atoms with E-state index >= 15 is 0 Å². The van der Waals surface area contributed by atoms with Crippen LogP contribution >= 0.6 is 0 Å². The van der Waals surface area contributed by atoms with Crippen molar-refractivity contribution in [2.24, 2.45) is 0 Å². The fourth-order valence-electron chi connectivity index (χ4n) is 3.92. The quantitative estimate of drug-likeness (QED) is 0.254. The molecule has 0 radical (unpaired) electrons. The fraction of sp³-hybridized carbons (Fsp3) is 0.0345. The standard InChI is InChI=1S/C29H21N3O4/c1-36-23-14-11-20(12-15-23)27-21(18-32(31-27)22-8-3-2-4-9-22)17-24(28(33)29(34)35)26-16-13-19-7-5-6-10-25(19)30-26/h2-18H,1H3,(H,34,35). The summed E-state index contributed by atoms with van der Waals surface area (Å²) in [6.45, 7) is 0. The van der Waals surface area contributed by atoms with Crippen LogP contribution in [0.1, 0.15) is 11.3 Å². The van der Waals surface area contributed by atoms with Crippen LogP contribution < -0.4 is 4.74 Å². The molecule has 5 rings (SSSR count). The van der Waals surface area contributed by atoms with Crippen molar-refractivity contribution in [3.63, 3.8) is 0 Å². The molecule has 2 heterocycles. The number of carbonyl (C=O) groups excluding carboxylic acids is 1. The highest BCUT2D eigenvalue weighted by molar-refractivity contribution is 6.52. The summed E-state index contributed by atoms with van der Waals surface area (Å²) in [5.41, 5.74) is 3.66. The topological polar surface area (TPSA) is 94.3 Å². The molecular formula is C29H21N3O4. The molecule has 36 heavy (non-hydrogen) atoms. The van der Waals surface area contributed by atoms with Gasteiger partial charge in [-0.25, -0.2) is 14.5 Å². The number of hydrogen-bond donors (Lipinski definition) is 1. The monoisotopic (exact) mass is 475 g/mol. The van der Waals surface area contributed by atoms with E-state index in [0.29, 0.717) is 22.5 Å². The Morgan fingerprint density at radius 2 is 1.61 bits per heavy atom. The van der Waals surface area contributed by atoms with Crippen LogP contribution in [0.25, 0.3) is 39.5 Å². The minimum Gasteiger partial charge on any atom is -0.497 e. The van der Waals surface area contributed by atoms with Crippen molar-refractivity contribution in [3.8, 4) is 22.7 Å². The van der Waals surface area contributed by atoms with Crippen LogP contribution in [0.15, 0.2) is 97.2 Å². The van der Waals surface area contributed by atoms with Gasteiger partial charge in [-0.15, -0.1) is 0 Å². The van der Waals surface area contributed by atoms with Gasteiger partial charge in [0.2, 0.25) is 0 Å². The maximum atomic E-state index is 12.8. The van der Waals surface area contributed by atoms with Crippen molar-refractivity contribution in [3.05, 3.63) is 108 Å². The molecule has 0 spiro atoms. The number of ether oxygens (including phenoxy) is 1. The molecule has 0 aliphatic heterocycles. The predicted molar refractivity (Wildman–Crippen MR) is 138 cm³/mol. The maximum Gasteiger partial charge on any atom is 0.377 e. The minimum atomic E-state index is -1.56. The summed E-state index contributed by atoms with van der Waals surface area (Å²) in [5.74, 6) is -1.91. The molecule has 0 amide bonds. The van der Waals surface area contributed by atoms with Crippen molar-refractivity contribution in [1.29, 1.82) is 0 Å². The second-order valence-corrected chi connectivity index (χ2v) is 8.02. The number of carboxylic acid groups (broad SMARTS) is 1. The number of benzene rings is 3. The van der Waals surface area contributed by atoms with Gasteiger partial charge in [-0.2, -0.15) is 5.10 Å². The zero-order valence-electron chi connectivity index (χ0n) is 19.3. The number of carboxylic acids is 1. The van der Waals surface area contributed by atoms with Gasteiger partial charge >= 0.3 is 5.97 Å². The van der Waals surface area contributed by atoms with E-state index in [1.807, 2.05) is 84.9 Å². The van der Waals surface area contributed by atoms with E-state index in [0.717, 1.165) is 16.6 Å². The Morgan fingerprint density at radius 3 is 2.33 bits per heavy atom. The van der Waals surface area contributed by atoms with Crippen molar-refractivity contribution >= 4 is 34.3 Å². The Hall–Kier alpha value is -5.04. The second-order valence-electron chi connectivity index (χ2n) is 8.02. The zero-order chi connectivity index (χ0) is 25.1. The molecule has 7 heteroatoms. The molecule has 0 unspecified atom stereocenters. The average molecular weight is 476 g/mol. The number of fused-ring (bicyclic) bond motifs is 1. The maximum absolute atomic E-state index is 12.8. The summed E-state index contributed by atoms with van der Waals surface area (Å²) in [4.78, 5) is 29.2. The molecule has 7 nitrogen and oxygen atoms in total. The number of para-hydroxylation sites is 2. The van der Waals surface area contributed by atoms with Crippen LogP contribution in [0.3, 0.4) is 0 Å². The zero-order valence-corrected chi connectivity index (χ0v) is 19.3. The number of rotatable bonds is 7. The number of pyridine rings is 1. The Kier molecular flexibility index (Phi) is 6.11. The number of ketones is 1. The summed E-state index contributed by atoms with van der Waals surface area (Å²) in [7, 11) is 1.59. The van der Waals surface area contributed by atoms with Crippen LogP contribution in [-0.2, 0) is 9.59 Å². The van der Waals surface area contributed by atoms with Gasteiger partial charge in [-0.3, -0.25) is 4.79 Å². The van der Waals surface area contributed by atoms with E-state index in [1.54, 1.807) is 30.1 Å². The van der Waals surface area contributed by atoms with E-state index in [-0.39, 0.29) is 11.3 Å². The lowest BCUT2D eigenvalue weighted by atomic mass is 10.0. The van der Waals surface area contributed by atoms with Gasteiger partial charge in [0.25, 0.3) is 5.78 Å². The molecule has 0 aliphatic carbocycles. The lowest BCUT2D eigenvalue weighted by molar-refractivity contribution is -0.146. The first kappa shape index (κ1) is 22.7. The Labute approximate surface area is 206 Å². The van der Waals surface area contributed by atoms with Gasteiger partial charge in [0.1, 0.15) is 5.75 Å². The van der Waals surface area contributed by atoms with Crippen LogP contribution in [0.4, 0.5) is 0 Å². The van der Waals surface area contributed by atoms with Crippen molar-refractivity contribution in [2.75, 3.05) is 7.11 Å². The normalized spacial score (nSPS) is 11.4. The second kappa shape index (κ2) is 9.68. The van der Waals surface area contributed by atoms with Gasteiger partial charge in [0.05, 0.1) is 35.3 Å². The molecule has 3 aromatic carbocycles. The van der Waals surface area contributed by atoms with Gasteiger partial charge in [-0.05, 0) is 54.6 Å². The molecule has 0 saturated heterocycles. The summed E-state index contributed by atoms with van der Waals surface area (Å²) in [5, 5.41) is 15.2. The van der Waals surface area contributed by atoms with Gasteiger partial charge < -0.3 is 9.84 Å². The molecule has 0 saturated carbocycles. The summed E-state index contributed by atoms with van der Waals surface area (Å²) in [6.07, 6.45) is 3.31. The Bertz CT molecular complexity index is 1600. The third-order valence-corrected chi connectivity index (χ3v) is 5.74. The summed E-state index contributed by atoms with van der Waals surface area (Å²) >= 11 is 0. The number of Topliss-reactive ketones (excluding diaryl/α,β-unsaturated/α-hetero) is 1. The van der Waals surface area contributed by atoms with Crippen molar-refractivity contribution in [2.45, 2.75) is 0 Å². The molecule has 0 fully saturated rings. The first-order valence-corrected chi connectivity index (χ1v) is 11.2. The number of nitrogens with zero attached hydrogens (tertiary/aromatic N) is 3. The van der Waals surface area contributed by atoms with Crippen molar-refractivity contribution in [1.82, 2.24) is 14.8 Å². The predicted octanol–water partition coefficient (Wildman–Crippen LogP) is 5.29. The molecule has 2 aromatic heterocycles. The smallest absolute Gasteiger partial charge is 0.377 e. The van der Waals surface area contributed by atoms with E-state index < -0.39 is 11.8 Å². The first-order chi connectivity index (χ1) is 17.5.